The summed E-state index contributed by atoms with van der Waals surface area (Å²) in [7, 11) is 2.09. The van der Waals surface area contributed by atoms with Gasteiger partial charge in [-0.05, 0) is 19.4 Å². The lowest BCUT2D eigenvalue weighted by Crippen LogP contribution is -2.39. The fraction of sp³-hybridized carbons (Fsp3) is 0.692. The van der Waals surface area contributed by atoms with Crippen molar-refractivity contribution in [2.75, 3.05) is 32.9 Å². The first-order valence-electron chi connectivity index (χ1n) is 7.26. The monoisotopic (exact) mass is 330 g/mol. The molecule has 0 aliphatic carbocycles. The Balaban J connectivity index is 2.29. The lowest BCUT2D eigenvalue weighted by Gasteiger charge is -2.16. The second kappa shape index (κ2) is 8.74. The van der Waals surface area contributed by atoms with E-state index in [4.69, 9.17) is 0 Å². The molecular formula is C13H26N6O2S. The van der Waals surface area contributed by atoms with Gasteiger partial charge in [0.25, 0.3) is 0 Å². The highest BCUT2D eigenvalue weighted by Gasteiger charge is 2.13. The van der Waals surface area contributed by atoms with E-state index in [1.165, 1.54) is 4.31 Å². The molecule has 0 radical (unpaired) electrons. The molecule has 1 aromatic rings. The zero-order chi connectivity index (χ0) is 16.6. The van der Waals surface area contributed by atoms with Crippen LogP contribution in [0.3, 0.4) is 0 Å². The molecule has 1 heterocycles. The van der Waals surface area contributed by atoms with Gasteiger partial charge < -0.3 is 10.6 Å². The SMILES string of the molecule is CCS(=O)(=O)N(C)CCCNC(=NC)NCc1ccnn1C. The van der Waals surface area contributed by atoms with Gasteiger partial charge in [0.15, 0.2) is 5.96 Å². The summed E-state index contributed by atoms with van der Waals surface area (Å²) in [5.74, 6) is 0.812. The van der Waals surface area contributed by atoms with Crippen molar-refractivity contribution >= 4 is 16.0 Å². The summed E-state index contributed by atoms with van der Waals surface area (Å²) in [6.07, 6.45) is 2.46. The first-order chi connectivity index (χ1) is 10.4. The Kier molecular flexibility index (Phi) is 7.33. The topological polar surface area (TPSA) is 91.6 Å². The zero-order valence-electron chi connectivity index (χ0n) is 13.7. The van der Waals surface area contributed by atoms with Crippen LogP contribution in [0.1, 0.15) is 19.0 Å². The Morgan fingerprint density at radius 1 is 1.45 bits per heavy atom. The Bertz CT molecular complexity index is 581. The van der Waals surface area contributed by atoms with Crippen LogP contribution >= 0.6 is 0 Å². The summed E-state index contributed by atoms with van der Waals surface area (Å²) in [5.41, 5.74) is 1.05. The average molecular weight is 330 g/mol. The zero-order valence-corrected chi connectivity index (χ0v) is 14.5. The quantitative estimate of drug-likeness (QED) is 0.390. The molecule has 1 rings (SSSR count). The summed E-state index contributed by atoms with van der Waals surface area (Å²) in [4.78, 5) is 4.13. The smallest absolute Gasteiger partial charge is 0.213 e. The van der Waals surface area contributed by atoms with Crippen molar-refractivity contribution in [2.45, 2.75) is 19.9 Å². The number of sulfonamides is 1. The van der Waals surface area contributed by atoms with E-state index in [1.807, 2.05) is 13.1 Å². The van der Waals surface area contributed by atoms with E-state index < -0.39 is 10.0 Å². The van der Waals surface area contributed by atoms with Gasteiger partial charge in [0.2, 0.25) is 10.0 Å². The number of hydrogen-bond donors (Lipinski definition) is 2. The van der Waals surface area contributed by atoms with Gasteiger partial charge in [0.05, 0.1) is 18.0 Å². The normalized spacial score (nSPS) is 12.7. The molecule has 2 N–H and O–H groups in total. The van der Waals surface area contributed by atoms with Crippen molar-refractivity contribution in [1.82, 2.24) is 24.7 Å². The number of rotatable bonds is 8. The predicted octanol–water partition coefficient (Wildman–Crippen LogP) is -0.243. The van der Waals surface area contributed by atoms with Crippen molar-refractivity contribution in [3.05, 3.63) is 18.0 Å². The molecule has 0 saturated carbocycles. The van der Waals surface area contributed by atoms with Crippen LogP contribution in [0.25, 0.3) is 0 Å². The lowest BCUT2D eigenvalue weighted by atomic mass is 10.4. The van der Waals surface area contributed by atoms with Gasteiger partial charge in [-0.3, -0.25) is 9.67 Å². The summed E-state index contributed by atoms with van der Waals surface area (Å²) < 4.78 is 26.4. The molecule has 0 saturated heterocycles. The molecule has 1 aromatic heterocycles. The third-order valence-corrected chi connectivity index (χ3v) is 5.23. The molecule has 8 nitrogen and oxygen atoms in total. The molecule has 126 valence electrons. The number of nitrogens with zero attached hydrogens (tertiary/aromatic N) is 4. The van der Waals surface area contributed by atoms with Crippen molar-refractivity contribution in [3.63, 3.8) is 0 Å². The molecule has 0 bridgehead atoms. The highest BCUT2D eigenvalue weighted by Crippen LogP contribution is 1.98. The Morgan fingerprint density at radius 2 is 2.18 bits per heavy atom. The Hall–Kier alpha value is -1.61. The number of nitrogens with one attached hydrogen (secondary N) is 2. The summed E-state index contributed by atoms with van der Waals surface area (Å²) >= 11 is 0. The van der Waals surface area contributed by atoms with Crippen LogP contribution in [-0.2, 0) is 23.6 Å². The van der Waals surface area contributed by atoms with E-state index in [0.717, 1.165) is 5.69 Å². The fourth-order valence-electron chi connectivity index (χ4n) is 1.84. The minimum atomic E-state index is -3.10. The molecule has 22 heavy (non-hydrogen) atoms. The van der Waals surface area contributed by atoms with Gasteiger partial charge in [0.1, 0.15) is 0 Å². The largest absolute Gasteiger partial charge is 0.356 e. The summed E-state index contributed by atoms with van der Waals surface area (Å²) in [5, 5.41) is 10.5. The second-order valence-corrected chi connectivity index (χ2v) is 7.24. The molecule has 0 amide bonds. The van der Waals surface area contributed by atoms with Crippen LogP contribution in [0.5, 0.6) is 0 Å². The van der Waals surface area contributed by atoms with E-state index in [1.54, 1.807) is 31.9 Å². The fourth-order valence-corrected chi connectivity index (χ4v) is 2.69. The van der Waals surface area contributed by atoms with E-state index in [2.05, 4.69) is 20.7 Å². The number of guanidine groups is 1. The maximum absolute atomic E-state index is 11.6. The summed E-state index contributed by atoms with van der Waals surface area (Å²) in [6.45, 7) is 3.41. The van der Waals surface area contributed by atoms with Crippen LogP contribution < -0.4 is 10.6 Å². The van der Waals surface area contributed by atoms with Gasteiger partial charge in [-0.2, -0.15) is 5.10 Å². The molecule has 0 spiro atoms. The highest BCUT2D eigenvalue weighted by molar-refractivity contribution is 7.89. The number of aryl methyl sites for hydroxylation is 1. The molecule has 9 heteroatoms. The number of aromatic nitrogens is 2. The average Bonchev–Trinajstić information content (AvgIpc) is 2.91. The third kappa shape index (κ3) is 5.64. The molecular weight excluding hydrogens is 304 g/mol. The molecule has 0 atom stereocenters. The molecule has 0 aliphatic rings. The molecule has 0 unspecified atom stereocenters. The van der Waals surface area contributed by atoms with E-state index >= 15 is 0 Å². The molecule has 0 fully saturated rings. The first-order valence-corrected chi connectivity index (χ1v) is 8.87. The maximum Gasteiger partial charge on any atom is 0.213 e. The molecule has 0 aromatic carbocycles. The van der Waals surface area contributed by atoms with Gasteiger partial charge in [0, 0.05) is 40.4 Å². The Labute approximate surface area is 132 Å². The Morgan fingerprint density at radius 3 is 2.73 bits per heavy atom. The highest BCUT2D eigenvalue weighted by atomic mass is 32.2. The lowest BCUT2D eigenvalue weighted by molar-refractivity contribution is 0.461. The standard InChI is InChI=1S/C13H26N6O2S/c1-5-22(20,21)18(3)10-6-8-15-13(14-2)16-11-12-7-9-17-19(12)4/h7,9H,5-6,8,10-11H2,1-4H3,(H2,14,15,16). The number of aliphatic imine (C=N–C) groups is 1. The molecule has 0 aliphatic heterocycles. The third-order valence-electron chi connectivity index (χ3n) is 3.36. The van der Waals surface area contributed by atoms with Crippen molar-refractivity contribution in [3.8, 4) is 0 Å². The van der Waals surface area contributed by atoms with Gasteiger partial charge in [-0.25, -0.2) is 12.7 Å². The van der Waals surface area contributed by atoms with E-state index in [0.29, 0.717) is 32.0 Å². The minimum Gasteiger partial charge on any atom is -0.356 e. The first kappa shape index (κ1) is 18.4. The van der Waals surface area contributed by atoms with Gasteiger partial charge in [-0.1, -0.05) is 0 Å². The van der Waals surface area contributed by atoms with Gasteiger partial charge >= 0.3 is 0 Å². The predicted molar refractivity (Wildman–Crippen MR) is 88.1 cm³/mol. The van der Waals surface area contributed by atoms with Crippen LogP contribution in [0.4, 0.5) is 0 Å². The van der Waals surface area contributed by atoms with Crippen LogP contribution in [0.15, 0.2) is 17.3 Å². The van der Waals surface area contributed by atoms with Crippen molar-refractivity contribution < 1.29 is 8.42 Å². The second-order valence-electron chi connectivity index (χ2n) is 4.87. The van der Waals surface area contributed by atoms with Crippen molar-refractivity contribution in [2.24, 2.45) is 12.0 Å². The number of hydrogen-bond acceptors (Lipinski definition) is 4. The minimum absolute atomic E-state index is 0.130. The maximum atomic E-state index is 11.6. The van der Waals surface area contributed by atoms with E-state index in [-0.39, 0.29) is 5.75 Å². The van der Waals surface area contributed by atoms with Crippen molar-refractivity contribution in [1.29, 1.82) is 0 Å². The summed E-state index contributed by atoms with van der Waals surface area (Å²) in [6, 6.07) is 1.94. The van der Waals surface area contributed by atoms with Gasteiger partial charge in [-0.15, -0.1) is 0 Å². The van der Waals surface area contributed by atoms with Crippen LogP contribution in [0, 0.1) is 0 Å². The van der Waals surface area contributed by atoms with Crippen LogP contribution in [-0.4, -0.2) is 61.4 Å². The van der Waals surface area contributed by atoms with E-state index in [9.17, 15) is 8.42 Å². The van der Waals surface area contributed by atoms with Crippen LogP contribution in [0.2, 0.25) is 0 Å².